The molecule has 1 aliphatic heterocycles. The Bertz CT molecular complexity index is 1300. The van der Waals surface area contributed by atoms with Gasteiger partial charge in [-0.25, -0.2) is 9.37 Å². The second kappa shape index (κ2) is 14.1. The number of nitrogens with zero attached hydrogens (tertiary/aromatic N) is 4. The van der Waals surface area contributed by atoms with Crippen LogP contribution in [0.3, 0.4) is 0 Å². The number of aliphatic hydroxyl groups excluding tert-OH is 1. The van der Waals surface area contributed by atoms with Gasteiger partial charge in [-0.2, -0.15) is 5.10 Å². The van der Waals surface area contributed by atoms with Gasteiger partial charge < -0.3 is 30.0 Å². The Morgan fingerprint density at radius 2 is 1.93 bits per heavy atom. The maximum Gasteiger partial charge on any atom is 0.248 e. The summed E-state index contributed by atoms with van der Waals surface area (Å²) in [5.41, 5.74) is 7.95. The van der Waals surface area contributed by atoms with E-state index >= 15 is 0 Å². The number of piperidine rings is 1. The van der Waals surface area contributed by atoms with Crippen molar-refractivity contribution in [1.29, 1.82) is 0 Å². The summed E-state index contributed by atoms with van der Waals surface area (Å²) < 4.78 is 32.4. The first-order valence-electron chi connectivity index (χ1n) is 12.9. The van der Waals surface area contributed by atoms with Gasteiger partial charge >= 0.3 is 0 Å². The molecule has 1 atom stereocenters. The lowest BCUT2D eigenvalue weighted by atomic mass is 10.1. The van der Waals surface area contributed by atoms with Gasteiger partial charge in [0.05, 0.1) is 43.7 Å². The van der Waals surface area contributed by atoms with Gasteiger partial charge in [0.25, 0.3) is 0 Å². The molecule has 4 rings (SSSR count). The second-order valence-corrected chi connectivity index (χ2v) is 10.1. The molecular formula is C27H32Cl2FN5O5. The van der Waals surface area contributed by atoms with Crippen molar-refractivity contribution in [2.24, 2.45) is 0 Å². The molecule has 3 aromatic rings. The highest BCUT2D eigenvalue weighted by atomic mass is 35.5. The number of benzene rings is 1. The Morgan fingerprint density at radius 1 is 1.18 bits per heavy atom. The minimum absolute atomic E-state index is 0.00382. The van der Waals surface area contributed by atoms with Crippen LogP contribution in [-0.2, 0) is 14.3 Å². The molecule has 1 fully saturated rings. The number of nitrogens with two attached hydrogens (primary N) is 1. The third kappa shape index (κ3) is 7.41. The molecule has 0 saturated carbocycles. The number of carbonyl (C=O) groups excluding carboxylic acids is 1. The Balaban J connectivity index is 1.34. The molecule has 1 aliphatic rings. The highest BCUT2D eigenvalue weighted by Gasteiger charge is 2.25. The molecule has 0 aliphatic carbocycles. The van der Waals surface area contributed by atoms with E-state index in [1.807, 2.05) is 10.9 Å². The summed E-state index contributed by atoms with van der Waals surface area (Å²) in [6.45, 7) is 3.77. The predicted octanol–water partition coefficient (Wildman–Crippen LogP) is 4.30. The number of pyridine rings is 1. The largest absolute Gasteiger partial charge is 0.482 e. The minimum Gasteiger partial charge on any atom is -0.482 e. The average Bonchev–Trinajstić information content (AvgIpc) is 3.44. The van der Waals surface area contributed by atoms with Crippen LogP contribution in [0.25, 0.3) is 11.1 Å². The second-order valence-electron chi connectivity index (χ2n) is 9.33. The van der Waals surface area contributed by atoms with Crippen molar-refractivity contribution >= 4 is 34.9 Å². The zero-order valence-corrected chi connectivity index (χ0v) is 23.6. The normalized spacial score (nSPS) is 14.9. The molecule has 0 unspecified atom stereocenters. The van der Waals surface area contributed by atoms with Crippen LogP contribution in [0.15, 0.2) is 36.8 Å². The fourth-order valence-electron chi connectivity index (χ4n) is 4.47. The molecule has 0 bridgehead atoms. The number of aliphatic hydroxyl groups is 1. The monoisotopic (exact) mass is 595 g/mol. The maximum absolute atomic E-state index is 14.0. The zero-order chi connectivity index (χ0) is 28.6. The number of hydrogen-bond acceptors (Lipinski definition) is 8. The highest BCUT2D eigenvalue weighted by Crippen LogP contribution is 2.37. The number of hydrogen-bond donors (Lipinski definition) is 2. The number of nitrogen functional groups attached to an aromatic ring is 1. The van der Waals surface area contributed by atoms with E-state index in [0.717, 1.165) is 24.0 Å². The number of halogens is 3. The molecule has 3 heterocycles. The van der Waals surface area contributed by atoms with E-state index in [1.165, 1.54) is 12.1 Å². The molecule has 0 spiro atoms. The fraction of sp³-hybridized carbons (Fsp3) is 0.444. The number of aromatic nitrogens is 3. The van der Waals surface area contributed by atoms with Gasteiger partial charge in [0.15, 0.2) is 11.6 Å². The van der Waals surface area contributed by atoms with Gasteiger partial charge in [-0.1, -0.05) is 23.2 Å². The summed E-state index contributed by atoms with van der Waals surface area (Å²) in [4.78, 5) is 18.5. The van der Waals surface area contributed by atoms with Crippen LogP contribution in [0.4, 0.5) is 10.2 Å². The molecule has 2 aromatic heterocycles. The van der Waals surface area contributed by atoms with Crippen LogP contribution in [0, 0.1) is 5.82 Å². The van der Waals surface area contributed by atoms with Crippen molar-refractivity contribution in [1.82, 2.24) is 19.7 Å². The number of carbonyl (C=O) groups is 1. The average molecular weight is 596 g/mol. The molecule has 3 N–H and O–H groups in total. The van der Waals surface area contributed by atoms with Crippen LogP contribution < -0.4 is 10.5 Å². The number of rotatable bonds is 12. The van der Waals surface area contributed by atoms with E-state index in [4.69, 9.17) is 48.3 Å². The van der Waals surface area contributed by atoms with Crippen LogP contribution in [0.1, 0.15) is 37.5 Å². The van der Waals surface area contributed by atoms with Crippen LogP contribution >= 0.6 is 23.2 Å². The lowest BCUT2D eigenvalue weighted by molar-refractivity contribution is -0.138. The summed E-state index contributed by atoms with van der Waals surface area (Å²) in [6.07, 6.45) is 6.13. The Hall–Kier alpha value is -2.96. The maximum atomic E-state index is 14.0. The number of likely N-dealkylation sites (tertiary alicyclic amines) is 1. The molecule has 13 heteroatoms. The van der Waals surface area contributed by atoms with E-state index in [2.05, 4.69) is 10.1 Å². The predicted molar refractivity (Wildman–Crippen MR) is 149 cm³/mol. The summed E-state index contributed by atoms with van der Waals surface area (Å²) in [5.74, 6) is -0.168. The van der Waals surface area contributed by atoms with Crippen molar-refractivity contribution in [3.63, 3.8) is 0 Å². The zero-order valence-electron chi connectivity index (χ0n) is 22.1. The van der Waals surface area contributed by atoms with E-state index in [-0.39, 0.29) is 47.6 Å². The third-order valence-corrected chi connectivity index (χ3v) is 7.34. The first-order chi connectivity index (χ1) is 19.3. The van der Waals surface area contributed by atoms with Crippen molar-refractivity contribution < 1.29 is 28.5 Å². The number of amides is 1. The quantitative estimate of drug-likeness (QED) is 0.234. The molecule has 40 heavy (non-hydrogen) atoms. The molecule has 216 valence electrons. The van der Waals surface area contributed by atoms with E-state index < -0.39 is 11.9 Å². The summed E-state index contributed by atoms with van der Waals surface area (Å²) in [6, 6.07) is 4.51. The van der Waals surface area contributed by atoms with Crippen LogP contribution in [0.2, 0.25) is 10.0 Å². The summed E-state index contributed by atoms with van der Waals surface area (Å²) in [5, 5.41) is 13.4. The molecule has 0 radical (unpaired) electrons. The molecule has 10 nitrogen and oxygen atoms in total. The number of ether oxygens (including phenoxy) is 3. The lowest BCUT2D eigenvalue weighted by Crippen LogP contribution is -2.41. The third-order valence-electron chi connectivity index (χ3n) is 6.63. The topological polar surface area (TPSA) is 125 Å². The van der Waals surface area contributed by atoms with E-state index in [1.54, 1.807) is 30.3 Å². The van der Waals surface area contributed by atoms with Crippen molar-refractivity contribution in [3.8, 4) is 16.9 Å². The first-order valence-corrected chi connectivity index (χ1v) is 13.7. The minimum atomic E-state index is -0.685. The van der Waals surface area contributed by atoms with Crippen molar-refractivity contribution in [2.45, 2.75) is 31.9 Å². The Kier molecular flexibility index (Phi) is 10.6. The Morgan fingerprint density at radius 3 is 2.67 bits per heavy atom. The van der Waals surface area contributed by atoms with Crippen LogP contribution in [-0.4, -0.2) is 76.8 Å². The van der Waals surface area contributed by atoms with Gasteiger partial charge in [-0.15, -0.1) is 0 Å². The molecule has 1 saturated heterocycles. The van der Waals surface area contributed by atoms with Gasteiger partial charge in [0, 0.05) is 47.2 Å². The first kappa shape index (κ1) is 30.0. The summed E-state index contributed by atoms with van der Waals surface area (Å²) >= 11 is 12.4. The Labute approximate surface area is 241 Å². The van der Waals surface area contributed by atoms with E-state index in [0.29, 0.717) is 37.6 Å². The SMILES string of the molecule is C[C@@H](Oc1cc(-c2cnn(C3CCN(C(=O)COCCOCCO)CC3)c2)cnc1N)c1c(Cl)ccc(F)c1Cl. The van der Waals surface area contributed by atoms with Crippen molar-refractivity contribution in [2.75, 3.05) is 51.9 Å². The number of anilines is 1. The molecule has 1 amide bonds. The van der Waals surface area contributed by atoms with Crippen molar-refractivity contribution in [3.05, 3.63) is 58.2 Å². The smallest absolute Gasteiger partial charge is 0.248 e. The molecular weight excluding hydrogens is 564 g/mol. The van der Waals surface area contributed by atoms with Gasteiger partial charge in [-0.05, 0) is 38.0 Å². The van der Waals surface area contributed by atoms with Gasteiger partial charge in [-0.3, -0.25) is 9.48 Å². The van der Waals surface area contributed by atoms with Gasteiger partial charge in [0.2, 0.25) is 5.91 Å². The molecule has 1 aromatic carbocycles. The van der Waals surface area contributed by atoms with E-state index in [9.17, 15) is 9.18 Å². The van der Waals surface area contributed by atoms with Crippen LogP contribution in [0.5, 0.6) is 5.75 Å². The fourth-order valence-corrected chi connectivity index (χ4v) is 5.15. The summed E-state index contributed by atoms with van der Waals surface area (Å²) in [7, 11) is 0. The van der Waals surface area contributed by atoms with Gasteiger partial charge in [0.1, 0.15) is 18.5 Å². The standard InChI is InChI=1S/C27H32Cl2FN5O5/c1-17(25-21(28)2-3-22(30)26(25)29)40-23-12-18(13-32-27(23)31)19-14-33-35(15-19)20-4-6-34(7-5-20)24(37)16-39-11-10-38-9-8-36/h2-3,12-15,17,20,36H,4-11,16H2,1H3,(H2,31,32)/t17-/m1/s1. The highest BCUT2D eigenvalue weighted by molar-refractivity contribution is 6.36. The lowest BCUT2D eigenvalue weighted by Gasteiger charge is -2.32.